The summed E-state index contributed by atoms with van der Waals surface area (Å²) in [6.45, 7) is 2.04. The Labute approximate surface area is 130 Å². The van der Waals surface area contributed by atoms with Crippen LogP contribution in [0.5, 0.6) is 11.5 Å². The molecule has 0 aromatic heterocycles. The van der Waals surface area contributed by atoms with Crippen LogP contribution in [-0.4, -0.2) is 5.11 Å². The molecule has 114 valence electrons. The molecule has 0 bridgehead atoms. The molecule has 0 fully saturated rings. The van der Waals surface area contributed by atoms with Crippen LogP contribution in [0.1, 0.15) is 31.7 Å². The molecule has 0 spiro atoms. The minimum Gasteiger partial charge on any atom is -0.454 e. The molecule has 0 saturated carbocycles. The van der Waals surface area contributed by atoms with Crippen LogP contribution in [0.4, 0.5) is 4.39 Å². The lowest BCUT2D eigenvalue weighted by Gasteiger charge is -2.22. The van der Waals surface area contributed by atoms with Gasteiger partial charge in [0.2, 0.25) is 0 Å². The fourth-order valence-electron chi connectivity index (χ4n) is 2.19. The van der Waals surface area contributed by atoms with E-state index in [1.165, 1.54) is 6.07 Å². The van der Waals surface area contributed by atoms with Crippen LogP contribution < -0.4 is 4.74 Å². The Balaban J connectivity index is 2.16. The lowest BCUT2D eigenvalue weighted by molar-refractivity contribution is 0.0877. The molecule has 2 aromatic rings. The molecular weight excluding hydrogens is 279 g/mol. The highest BCUT2D eigenvalue weighted by Gasteiger charge is 2.25. The normalized spacial score (nSPS) is 13.2. The van der Waals surface area contributed by atoms with Crippen LogP contribution in [0.25, 0.3) is 0 Å². The third-order valence-corrected chi connectivity index (χ3v) is 3.53. The molecular formula is C19H19FO2. The Kier molecular flexibility index (Phi) is 5.19. The van der Waals surface area contributed by atoms with Gasteiger partial charge in [-0.25, -0.2) is 4.39 Å². The second-order valence-corrected chi connectivity index (χ2v) is 5.17. The lowest BCUT2D eigenvalue weighted by atomic mass is 9.89. The summed E-state index contributed by atoms with van der Waals surface area (Å²) in [7, 11) is 0. The highest BCUT2D eigenvalue weighted by molar-refractivity contribution is 5.38. The standard InChI is InChI=1S/C19H19FO2/c1-3-5-14-19(21,4-2)15-10-12-16(13-11-15)22-18-9-7-6-8-17(18)20/h2,6-13,21H,3,5,14H2,1H3. The van der Waals surface area contributed by atoms with Gasteiger partial charge in [-0.2, -0.15) is 0 Å². The van der Waals surface area contributed by atoms with Crippen molar-refractivity contribution in [1.29, 1.82) is 0 Å². The number of terminal acetylenes is 1. The van der Waals surface area contributed by atoms with Gasteiger partial charge in [-0.15, -0.1) is 6.42 Å². The smallest absolute Gasteiger partial charge is 0.165 e. The van der Waals surface area contributed by atoms with Crippen LogP contribution >= 0.6 is 0 Å². The van der Waals surface area contributed by atoms with Gasteiger partial charge in [-0.3, -0.25) is 0 Å². The van der Waals surface area contributed by atoms with Crippen molar-refractivity contribution in [2.45, 2.75) is 31.8 Å². The number of hydrogen-bond acceptors (Lipinski definition) is 2. The van der Waals surface area contributed by atoms with Gasteiger partial charge in [-0.1, -0.05) is 43.5 Å². The van der Waals surface area contributed by atoms with Crippen molar-refractivity contribution in [2.75, 3.05) is 0 Å². The van der Waals surface area contributed by atoms with Gasteiger partial charge in [0, 0.05) is 0 Å². The van der Waals surface area contributed by atoms with E-state index in [9.17, 15) is 9.50 Å². The molecule has 0 amide bonds. The fourth-order valence-corrected chi connectivity index (χ4v) is 2.19. The SMILES string of the molecule is C#CC(O)(CCCC)c1ccc(Oc2ccccc2F)cc1. The zero-order chi connectivity index (χ0) is 16.0. The van der Waals surface area contributed by atoms with Gasteiger partial charge in [-0.05, 0) is 42.7 Å². The van der Waals surface area contributed by atoms with Crippen molar-refractivity contribution in [3.63, 3.8) is 0 Å². The third kappa shape index (κ3) is 3.66. The molecule has 2 aromatic carbocycles. The molecule has 0 radical (unpaired) electrons. The number of aliphatic hydroxyl groups is 1. The van der Waals surface area contributed by atoms with Gasteiger partial charge >= 0.3 is 0 Å². The lowest BCUT2D eigenvalue weighted by Crippen LogP contribution is -2.23. The number of unbranched alkanes of at least 4 members (excludes halogenated alkanes) is 1. The molecule has 2 nitrogen and oxygen atoms in total. The van der Waals surface area contributed by atoms with Crippen LogP contribution in [0.2, 0.25) is 0 Å². The number of benzene rings is 2. The summed E-state index contributed by atoms with van der Waals surface area (Å²) in [5.74, 6) is 2.69. The summed E-state index contributed by atoms with van der Waals surface area (Å²) >= 11 is 0. The number of para-hydroxylation sites is 1. The number of halogens is 1. The molecule has 1 N–H and O–H groups in total. The van der Waals surface area contributed by atoms with Crippen molar-refractivity contribution in [2.24, 2.45) is 0 Å². The third-order valence-electron chi connectivity index (χ3n) is 3.53. The van der Waals surface area contributed by atoms with Gasteiger partial charge in [0.25, 0.3) is 0 Å². The first-order chi connectivity index (χ1) is 10.6. The van der Waals surface area contributed by atoms with Crippen LogP contribution in [0.15, 0.2) is 48.5 Å². The van der Waals surface area contributed by atoms with E-state index in [1.807, 2.05) is 6.92 Å². The van der Waals surface area contributed by atoms with Crippen molar-refractivity contribution in [3.05, 3.63) is 59.9 Å². The molecule has 0 saturated heterocycles. The summed E-state index contributed by atoms with van der Waals surface area (Å²) in [4.78, 5) is 0. The van der Waals surface area contributed by atoms with Crippen molar-refractivity contribution in [3.8, 4) is 23.8 Å². The molecule has 2 rings (SSSR count). The van der Waals surface area contributed by atoms with E-state index < -0.39 is 11.4 Å². The first kappa shape index (κ1) is 16.1. The van der Waals surface area contributed by atoms with Crippen molar-refractivity contribution in [1.82, 2.24) is 0 Å². The average molecular weight is 298 g/mol. The molecule has 1 atom stereocenters. The van der Waals surface area contributed by atoms with Gasteiger partial charge in [0.05, 0.1) is 0 Å². The zero-order valence-corrected chi connectivity index (χ0v) is 12.6. The number of hydrogen-bond donors (Lipinski definition) is 1. The molecule has 0 heterocycles. The Morgan fingerprint density at radius 1 is 1.18 bits per heavy atom. The largest absolute Gasteiger partial charge is 0.454 e. The van der Waals surface area contributed by atoms with Crippen LogP contribution in [0.3, 0.4) is 0 Å². The fraction of sp³-hybridized carbons (Fsp3) is 0.263. The van der Waals surface area contributed by atoms with E-state index in [0.717, 1.165) is 12.8 Å². The van der Waals surface area contributed by atoms with Crippen molar-refractivity contribution < 1.29 is 14.2 Å². The minimum atomic E-state index is -1.27. The molecule has 1 unspecified atom stereocenters. The monoisotopic (exact) mass is 298 g/mol. The first-order valence-electron chi connectivity index (χ1n) is 7.32. The average Bonchev–Trinajstić information content (AvgIpc) is 2.55. The van der Waals surface area contributed by atoms with E-state index in [2.05, 4.69) is 5.92 Å². The summed E-state index contributed by atoms with van der Waals surface area (Å²) in [6.07, 6.45) is 7.79. The maximum absolute atomic E-state index is 13.5. The minimum absolute atomic E-state index is 0.161. The van der Waals surface area contributed by atoms with E-state index in [0.29, 0.717) is 17.7 Å². The van der Waals surface area contributed by atoms with E-state index in [4.69, 9.17) is 11.2 Å². The van der Waals surface area contributed by atoms with Gasteiger partial charge < -0.3 is 9.84 Å². The van der Waals surface area contributed by atoms with Gasteiger partial charge in [0.1, 0.15) is 5.75 Å². The summed E-state index contributed by atoms with van der Waals surface area (Å²) < 4.78 is 19.0. The highest BCUT2D eigenvalue weighted by atomic mass is 19.1. The predicted molar refractivity (Wildman–Crippen MR) is 85.2 cm³/mol. The van der Waals surface area contributed by atoms with Crippen LogP contribution in [0, 0.1) is 18.2 Å². The van der Waals surface area contributed by atoms with E-state index >= 15 is 0 Å². The maximum Gasteiger partial charge on any atom is 0.165 e. The Hall–Kier alpha value is -2.31. The number of rotatable bonds is 6. The Morgan fingerprint density at radius 3 is 2.45 bits per heavy atom. The summed E-state index contributed by atoms with van der Waals surface area (Å²) in [5, 5.41) is 10.5. The Bertz CT molecular complexity index is 658. The maximum atomic E-state index is 13.5. The molecule has 22 heavy (non-hydrogen) atoms. The molecule has 0 aliphatic rings. The first-order valence-corrected chi connectivity index (χ1v) is 7.32. The summed E-state index contributed by atoms with van der Waals surface area (Å²) in [6, 6.07) is 13.0. The Morgan fingerprint density at radius 2 is 1.86 bits per heavy atom. The summed E-state index contributed by atoms with van der Waals surface area (Å²) in [5.41, 5.74) is -0.628. The topological polar surface area (TPSA) is 29.5 Å². The molecule has 3 heteroatoms. The number of ether oxygens (including phenoxy) is 1. The predicted octanol–water partition coefficient (Wildman–Crippen LogP) is 4.63. The second-order valence-electron chi connectivity index (χ2n) is 5.17. The highest BCUT2D eigenvalue weighted by Crippen LogP contribution is 2.30. The van der Waals surface area contributed by atoms with Crippen molar-refractivity contribution >= 4 is 0 Å². The van der Waals surface area contributed by atoms with E-state index in [-0.39, 0.29) is 5.75 Å². The second kappa shape index (κ2) is 7.11. The van der Waals surface area contributed by atoms with Gasteiger partial charge in [0.15, 0.2) is 17.2 Å². The van der Waals surface area contributed by atoms with E-state index in [1.54, 1.807) is 42.5 Å². The molecule has 0 aliphatic heterocycles. The molecule has 0 aliphatic carbocycles. The quantitative estimate of drug-likeness (QED) is 0.788. The van der Waals surface area contributed by atoms with Crippen LogP contribution in [-0.2, 0) is 5.60 Å². The zero-order valence-electron chi connectivity index (χ0n) is 12.6.